The van der Waals surface area contributed by atoms with E-state index >= 15 is 0 Å². The molecule has 7 nitrogen and oxygen atoms in total. The maximum absolute atomic E-state index is 13.3. The number of thiazole rings is 1. The lowest BCUT2D eigenvalue weighted by Crippen LogP contribution is -2.33. The molecule has 0 aliphatic rings. The highest BCUT2D eigenvalue weighted by Crippen LogP contribution is 2.36. The van der Waals surface area contributed by atoms with Crippen LogP contribution in [0.3, 0.4) is 0 Å². The Balaban J connectivity index is 1.88. The average Bonchev–Trinajstić information content (AvgIpc) is 3.40. The molecule has 0 saturated carbocycles. The van der Waals surface area contributed by atoms with Crippen molar-refractivity contribution in [2.45, 2.75) is 6.54 Å². The number of carbonyl (C=O) groups is 1. The Labute approximate surface area is 206 Å². The van der Waals surface area contributed by atoms with Gasteiger partial charge in [0.1, 0.15) is 21.9 Å². The van der Waals surface area contributed by atoms with Gasteiger partial charge in [0.2, 0.25) is 0 Å². The predicted molar refractivity (Wildman–Crippen MR) is 134 cm³/mol. The number of ether oxygens (including phenoxy) is 3. The molecule has 0 radical (unpaired) electrons. The first-order chi connectivity index (χ1) is 16.5. The molecule has 0 spiro atoms. The van der Waals surface area contributed by atoms with E-state index in [9.17, 15) is 4.79 Å². The number of methoxy groups -OCH3 is 3. The standard InChI is InChI=1S/C25H24ClN3O4S/c1-31-11-10-29(25(30)22-13-27-15-34-22)14-17-12-19-20(32-2)8-9-21(33-3)24(19)28-23(17)16-4-6-18(26)7-5-16/h4-9,12-13,15H,10-11,14H2,1-3H3. The summed E-state index contributed by atoms with van der Waals surface area (Å²) in [5.41, 5.74) is 4.79. The molecule has 176 valence electrons. The normalized spacial score (nSPS) is 10.9. The van der Waals surface area contributed by atoms with Crippen LogP contribution < -0.4 is 9.47 Å². The van der Waals surface area contributed by atoms with Crippen LogP contribution >= 0.6 is 22.9 Å². The minimum absolute atomic E-state index is 0.112. The van der Waals surface area contributed by atoms with Crippen molar-refractivity contribution in [2.75, 3.05) is 34.5 Å². The highest BCUT2D eigenvalue weighted by atomic mass is 35.5. The third-order valence-corrected chi connectivity index (χ3v) is 6.41. The molecular weight excluding hydrogens is 474 g/mol. The van der Waals surface area contributed by atoms with E-state index in [1.807, 2.05) is 42.5 Å². The Kier molecular flexibility index (Phi) is 7.62. The van der Waals surface area contributed by atoms with Crippen LogP contribution in [0.2, 0.25) is 5.02 Å². The van der Waals surface area contributed by atoms with Gasteiger partial charge in [-0.1, -0.05) is 23.7 Å². The minimum atomic E-state index is -0.112. The van der Waals surface area contributed by atoms with Crippen LogP contribution in [0.15, 0.2) is 54.2 Å². The van der Waals surface area contributed by atoms with E-state index in [0.717, 1.165) is 22.2 Å². The summed E-state index contributed by atoms with van der Waals surface area (Å²) in [6, 6.07) is 13.2. The zero-order chi connectivity index (χ0) is 24.1. The van der Waals surface area contributed by atoms with Crippen molar-refractivity contribution in [3.05, 3.63) is 69.6 Å². The molecule has 0 unspecified atom stereocenters. The van der Waals surface area contributed by atoms with Crippen LogP contribution in [-0.2, 0) is 11.3 Å². The molecule has 4 aromatic rings. The van der Waals surface area contributed by atoms with Crippen molar-refractivity contribution in [1.29, 1.82) is 0 Å². The third kappa shape index (κ3) is 4.99. The van der Waals surface area contributed by atoms with Gasteiger partial charge in [-0.25, -0.2) is 4.98 Å². The molecule has 2 heterocycles. The Morgan fingerprint density at radius 3 is 2.44 bits per heavy atom. The SMILES string of the molecule is COCCN(Cc1cc2c(OC)ccc(OC)c2nc1-c1ccc(Cl)cc1)C(=O)c1cncs1. The summed E-state index contributed by atoms with van der Waals surface area (Å²) < 4.78 is 16.4. The van der Waals surface area contributed by atoms with Gasteiger partial charge in [0.25, 0.3) is 5.91 Å². The number of benzene rings is 2. The summed E-state index contributed by atoms with van der Waals surface area (Å²) in [5.74, 6) is 1.19. The zero-order valence-corrected chi connectivity index (χ0v) is 20.7. The van der Waals surface area contributed by atoms with E-state index in [1.165, 1.54) is 11.3 Å². The molecular formula is C25H24ClN3O4S. The highest BCUT2D eigenvalue weighted by Gasteiger charge is 2.22. The van der Waals surface area contributed by atoms with Crippen molar-refractivity contribution >= 4 is 39.7 Å². The van der Waals surface area contributed by atoms with E-state index in [4.69, 9.17) is 30.8 Å². The second-order valence-electron chi connectivity index (χ2n) is 7.45. The van der Waals surface area contributed by atoms with Crippen molar-refractivity contribution in [3.8, 4) is 22.8 Å². The lowest BCUT2D eigenvalue weighted by molar-refractivity contribution is 0.0685. The topological polar surface area (TPSA) is 73.8 Å². The molecule has 4 rings (SSSR count). The van der Waals surface area contributed by atoms with Crippen LogP contribution in [0, 0.1) is 0 Å². The molecule has 0 fully saturated rings. The van der Waals surface area contributed by atoms with Gasteiger partial charge in [0.15, 0.2) is 0 Å². The quantitative estimate of drug-likeness (QED) is 0.311. The Morgan fingerprint density at radius 1 is 1.06 bits per heavy atom. The summed E-state index contributed by atoms with van der Waals surface area (Å²) in [4.78, 5) is 24.6. The minimum Gasteiger partial charge on any atom is -0.496 e. The van der Waals surface area contributed by atoms with E-state index in [0.29, 0.717) is 46.6 Å². The van der Waals surface area contributed by atoms with Gasteiger partial charge < -0.3 is 19.1 Å². The van der Waals surface area contributed by atoms with Gasteiger partial charge in [-0.05, 0) is 35.9 Å². The van der Waals surface area contributed by atoms with Crippen molar-refractivity contribution in [3.63, 3.8) is 0 Å². The number of hydrogen-bond acceptors (Lipinski definition) is 7. The number of amides is 1. The second kappa shape index (κ2) is 10.8. The maximum Gasteiger partial charge on any atom is 0.265 e. The number of aromatic nitrogens is 2. The summed E-state index contributed by atoms with van der Waals surface area (Å²) in [6.07, 6.45) is 1.58. The first-order valence-electron chi connectivity index (χ1n) is 10.5. The van der Waals surface area contributed by atoms with Crippen LogP contribution in [0.4, 0.5) is 0 Å². The maximum atomic E-state index is 13.3. The predicted octanol–water partition coefficient (Wildman–Crippen LogP) is 5.32. The molecule has 34 heavy (non-hydrogen) atoms. The molecule has 2 aromatic heterocycles. The lowest BCUT2D eigenvalue weighted by atomic mass is 10.0. The summed E-state index contributed by atoms with van der Waals surface area (Å²) in [6.45, 7) is 1.14. The van der Waals surface area contributed by atoms with Gasteiger partial charge in [0.05, 0.1) is 38.2 Å². The van der Waals surface area contributed by atoms with E-state index < -0.39 is 0 Å². The Bertz CT molecular complexity index is 1280. The third-order valence-electron chi connectivity index (χ3n) is 5.40. The number of nitrogens with zero attached hydrogens (tertiary/aromatic N) is 3. The molecule has 9 heteroatoms. The van der Waals surface area contributed by atoms with Crippen LogP contribution in [-0.4, -0.2) is 55.3 Å². The number of fused-ring (bicyclic) bond motifs is 1. The molecule has 0 aliphatic heterocycles. The number of halogens is 1. The smallest absolute Gasteiger partial charge is 0.265 e. The first-order valence-corrected chi connectivity index (χ1v) is 11.8. The van der Waals surface area contributed by atoms with E-state index in [-0.39, 0.29) is 5.91 Å². The van der Waals surface area contributed by atoms with Crippen molar-refractivity contribution in [2.24, 2.45) is 0 Å². The van der Waals surface area contributed by atoms with Crippen LogP contribution in [0.25, 0.3) is 22.2 Å². The second-order valence-corrected chi connectivity index (χ2v) is 8.78. The molecule has 0 saturated heterocycles. The highest BCUT2D eigenvalue weighted by molar-refractivity contribution is 7.11. The average molecular weight is 498 g/mol. The molecule has 2 aromatic carbocycles. The van der Waals surface area contributed by atoms with Gasteiger partial charge in [-0.3, -0.25) is 9.78 Å². The van der Waals surface area contributed by atoms with Crippen molar-refractivity contribution < 1.29 is 19.0 Å². The molecule has 0 bridgehead atoms. The number of carbonyl (C=O) groups excluding carboxylic acids is 1. The van der Waals surface area contributed by atoms with Crippen molar-refractivity contribution in [1.82, 2.24) is 14.9 Å². The summed E-state index contributed by atoms with van der Waals surface area (Å²) in [7, 11) is 4.84. The Hall–Kier alpha value is -3.20. The fourth-order valence-corrected chi connectivity index (χ4v) is 4.42. The largest absolute Gasteiger partial charge is 0.496 e. The van der Waals surface area contributed by atoms with Gasteiger partial charge >= 0.3 is 0 Å². The number of rotatable bonds is 9. The molecule has 1 amide bonds. The summed E-state index contributed by atoms with van der Waals surface area (Å²) in [5, 5.41) is 1.43. The van der Waals surface area contributed by atoms with Crippen LogP contribution in [0.5, 0.6) is 11.5 Å². The summed E-state index contributed by atoms with van der Waals surface area (Å²) >= 11 is 7.44. The van der Waals surface area contributed by atoms with E-state index in [1.54, 1.807) is 37.9 Å². The monoisotopic (exact) mass is 497 g/mol. The van der Waals surface area contributed by atoms with Gasteiger partial charge in [-0.15, -0.1) is 11.3 Å². The lowest BCUT2D eigenvalue weighted by Gasteiger charge is -2.24. The molecule has 0 atom stereocenters. The van der Waals surface area contributed by atoms with Gasteiger partial charge in [-0.2, -0.15) is 0 Å². The van der Waals surface area contributed by atoms with Gasteiger partial charge in [0, 0.05) is 36.2 Å². The fraction of sp³-hybridized carbons (Fsp3) is 0.240. The number of hydrogen-bond donors (Lipinski definition) is 0. The molecule has 0 aliphatic carbocycles. The first kappa shape index (κ1) is 23.9. The fourth-order valence-electron chi connectivity index (χ4n) is 3.71. The Morgan fingerprint density at radius 2 is 1.79 bits per heavy atom. The molecule has 0 N–H and O–H groups in total. The van der Waals surface area contributed by atoms with Crippen LogP contribution in [0.1, 0.15) is 15.2 Å². The zero-order valence-electron chi connectivity index (χ0n) is 19.1. The number of pyridine rings is 1. The van der Waals surface area contributed by atoms with E-state index in [2.05, 4.69) is 4.98 Å².